The number of primary amides is 1. The lowest BCUT2D eigenvalue weighted by molar-refractivity contribution is -0.118. The number of rotatable bonds is 3. The molecule has 1 aliphatic rings. The summed E-state index contributed by atoms with van der Waals surface area (Å²) in [6.45, 7) is 0.888. The van der Waals surface area contributed by atoms with Gasteiger partial charge in [0, 0.05) is 11.3 Å². The number of carbonyl (C=O) groups is 2. The van der Waals surface area contributed by atoms with E-state index in [9.17, 15) is 9.59 Å². The first-order valence-electron chi connectivity index (χ1n) is 6.11. The van der Waals surface area contributed by atoms with Crippen LogP contribution in [0.1, 0.15) is 29.6 Å². The van der Waals surface area contributed by atoms with E-state index in [1.807, 2.05) is 0 Å². The van der Waals surface area contributed by atoms with Crippen LogP contribution in [0.4, 0.5) is 5.69 Å². The summed E-state index contributed by atoms with van der Waals surface area (Å²) in [5.41, 5.74) is 6.26. The molecular weight excluding hydrogens is 266 g/mol. The van der Waals surface area contributed by atoms with Gasteiger partial charge in [0.05, 0.1) is 6.04 Å². The summed E-state index contributed by atoms with van der Waals surface area (Å²) in [7, 11) is 0. The summed E-state index contributed by atoms with van der Waals surface area (Å²) in [6, 6.07) is 6.45. The minimum atomic E-state index is -0.471. The Balaban J connectivity index is 0.00000180. The largest absolute Gasteiger partial charge is 0.366 e. The zero-order valence-corrected chi connectivity index (χ0v) is 11.3. The monoisotopic (exact) mass is 283 g/mol. The van der Waals surface area contributed by atoms with Gasteiger partial charge in [-0.15, -0.1) is 12.4 Å². The molecule has 5 nitrogen and oxygen atoms in total. The summed E-state index contributed by atoms with van der Waals surface area (Å²) in [5.74, 6) is -0.497. The Morgan fingerprint density at radius 1 is 1.21 bits per heavy atom. The molecule has 2 amide bonds. The molecule has 1 aromatic carbocycles. The maximum atomic E-state index is 11.9. The van der Waals surface area contributed by atoms with Crippen LogP contribution in [0.3, 0.4) is 0 Å². The molecule has 19 heavy (non-hydrogen) atoms. The second-order valence-electron chi connectivity index (χ2n) is 4.43. The topological polar surface area (TPSA) is 84.2 Å². The van der Waals surface area contributed by atoms with Crippen LogP contribution in [0.15, 0.2) is 24.3 Å². The van der Waals surface area contributed by atoms with E-state index in [4.69, 9.17) is 5.73 Å². The molecule has 1 aliphatic heterocycles. The molecule has 4 N–H and O–H groups in total. The molecular formula is C13H18ClN3O2. The van der Waals surface area contributed by atoms with Crippen molar-refractivity contribution in [2.24, 2.45) is 5.73 Å². The number of hydrogen-bond acceptors (Lipinski definition) is 3. The molecule has 1 unspecified atom stereocenters. The quantitative estimate of drug-likeness (QED) is 0.781. The SMILES string of the molecule is Cl.NC(=O)c1ccc(NC(=O)C2CCCCN2)cc1. The molecule has 0 bridgehead atoms. The number of anilines is 1. The molecule has 104 valence electrons. The first-order chi connectivity index (χ1) is 8.66. The summed E-state index contributed by atoms with van der Waals surface area (Å²) in [6.07, 6.45) is 3.06. The van der Waals surface area contributed by atoms with Crippen LogP contribution in [0.5, 0.6) is 0 Å². The zero-order chi connectivity index (χ0) is 13.0. The van der Waals surface area contributed by atoms with E-state index in [0.29, 0.717) is 11.3 Å². The minimum Gasteiger partial charge on any atom is -0.366 e. The van der Waals surface area contributed by atoms with E-state index >= 15 is 0 Å². The molecule has 0 aromatic heterocycles. The fraction of sp³-hybridized carbons (Fsp3) is 0.385. The highest BCUT2D eigenvalue weighted by Crippen LogP contribution is 2.12. The molecule has 1 fully saturated rings. The van der Waals surface area contributed by atoms with Gasteiger partial charge < -0.3 is 16.4 Å². The molecule has 6 heteroatoms. The second-order valence-corrected chi connectivity index (χ2v) is 4.43. The van der Waals surface area contributed by atoms with Gasteiger partial charge in [-0.05, 0) is 43.7 Å². The van der Waals surface area contributed by atoms with Crippen LogP contribution in [0, 0.1) is 0 Å². The van der Waals surface area contributed by atoms with Crippen LogP contribution in [0.25, 0.3) is 0 Å². The van der Waals surface area contributed by atoms with E-state index in [0.717, 1.165) is 25.8 Å². The highest BCUT2D eigenvalue weighted by atomic mass is 35.5. The normalized spacial score (nSPS) is 18.2. The lowest BCUT2D eigenvalue weighted by Crippen LogP contribution is -2.43. The summed E-state index contributed by atoms with van der Waals surface area (Å²) < 4.78 is 0. The second kappa shape index (κ2) is 7.11. The molecule has 0 saturated carbocycles. The van der Waals surface area contributed by atoms with Crippen molar-refractivity contribution in [3.8, 4) is 0 Å². The number of hydrogen-bond donors (Lipinski definition) is 3. The van der Waals surface area contributed by atoms with Crippen LogP contribution in [-0.2, 0) is 4.79 Å². The summed E-state index contributed by atoms with van der Waals surface area (Å²) in [4.78, 5) is 22.8. The van der Waals surface area contributed by atoms with Gasteiger partial charge in [0.1, 0.15) is 0 Å². The molecule has 0 radical (unpaired) electrons. The van der Waals surface area contributed by atoms with Gasteiger partial charge in [0.2, 0.25) is 11.8 Å². The first-order valence-corrected chi connectivity index (χ1v) is 6.11. The molecule has 1 atom stereocenters. The van der Waals surface area contributed by atoms with E-state index in [1.54, 1.807) is 24.3 Å². The summed E-state index contributed by atoms with van der Waals surface area (Å²) in [5, 5.41) is 6.01. The Labute approximate surface area is 118 Å². The first kappa shape index (κ1) is 15.5. The Bertz CT molecular complexity index is 442. The fourth-order valence-corrected chi connectivity index (χ4v) is 2.02. The number of halogens is 1. The Kier molecular flexibility index (Phi) is 5.79. The van der Waals surface area contributed by atoms with Crippen molar-refractivity contribution < 1.29 is 9.59 Å². The van der Waals surface area contributed by atoms with Crippen molar-refractivity contribution in [3.63, 3.8) is 0 Å². The molecule has 1 heterocycles. The van der Waals surface area contributed by atoms with Gasteiger partial charge in [-0.1, -0.05) is 6.42 Å². The number of amides is 2. The van der Waals surface area contributed by atoms with Gasteiger partial charge in [-0.25, -0.2) is 0 Å². The van der Waals surface area contributed by atoms with Crippen LogP contribution >= 0.6 is 12.4 Å². The van der Waals surface area contributed by atoms with Crippen molar-refractivity contribution >= 4 is 29.9 Å². The smallest absolute Gasteiger partial charge is 0.248 e. The lowest BCUT2D eigenvalue weighted by atomic mass is 10.0. The van der Waals surface area contributed by atoms with Gasteiger partial charge in [0.25, 0.3) is 0 Å². The van der Waals surface area contributed by atoms with E-state index in [1.165, 1.54) is 0 Å². The molecule has 2 rings (SSSR count). The molecule has 0 spiro atoms. The molecule has 1 aromatic rings. The van der Waals surface area contributed by atoms with Gasteiger partial charge >= 0.3 is 0 Å². The van der Waals surface area contributed by atoms with Crippen molar-refractivity contribution in [2.75, 3.05) is 11.9 Å². The minimum absolute atomic E-state index is 0. The van der Waals surface area contributed by atoms with Crippen molar-refractivity contribution in [2.45, 2.75) is 25.3 Å². The van der Waals surface area contributed by atoms with Gasteiger partial charge in [-0.3, -0.25) is 9.59 Å². The maximum Gasteiger partial charge on any atom is 0.248 e. The predicted molar refractivity (Wildman–Crippen MR) is 76.5 cm³/mol. The van der Waals surface area contributed by atoms with Gasteiger partial charge in [0.15, 0.2) is 0 Å². The molecule has 0 aliphatic carbocycles. The van der Waals surface area contributed by atoms with Gasteiger partial charge in [-0.2, -0.15) is 0 Å². The average Bonchev–Trinajstić information content (AvgIpc) is 2.40. The lowest BCUT2D eigenvalue weighted by Gasteiger charge is -2.22. The van der Waals surface area contributed by atoms with Crippen LogP contribution in [-0.4, -0.2) is 24.4 Å². The van der Waals surface area contributed by atoms with Crippen molar-refractivity contribution in [3.05, 3.63) is 29.8 Å². The third-order valence-corrected chi connectivity index (χ3v) is 3.06. The average molecular weight is 284 g/mol. The molecule has 1 saturated heterocycles. The fourth-order valence-electron chi connectivity index (χ4n) is 2.02. The highest BCUT2D eigenvalue weighted by molar-refractivity contribution is 5.96. The summed E-state index contributed by atoms with van der Waals surface area (Å²) >= 11 is 0. The van der Waals surface area contributed by atoms with E-state index in [2.05, 4.69) is 10.6 Å². The number of piperidine rings is 1. The van der Waals surface area contributed by atoms with Crippen molar-refractivity contribution in [1.29, 1.82) is 0 Å². The Hall–Kier alpha value is -1.59. The number of carbonyl (C=O) groups excluding carboxylic acids is 2. The maximum absolute atomic E-state index is 11.9. The Morgan fingerprint density at radius 3 is 2.42 bits per heavy atom. The van der Waals surface area contributed by atoms with Crippen LogP contribution < -0.4 is 16.4 Å². The highest BCUT2D eigenvalue weighted by Gasteiger charge is 2.20. The predicted octanol–water partition coefficient (Wildman–Crippen LogP) is 1.29. The van der Waals surface area contributed by atoms with Crippen LogP contribution in [0.2, 0.25) is 0 Å². The Morgan fingerprint density at radius 2 is 1.89 bits per heavy atom. The number of nitrogens with two attached hydrogens (primary N) is 1. The van der Waals surface area contributed by atoms with E-state index in [-0.39, 0.29) is 24.4 Å². The standard InChI is InChI=1S/C13H17N3O2.ClH/c14-12(17)9-4-6-10(7-5-9)16-13(18)11-3-1-2-8-15-11;/h4-7,11,15H,1-3,8H2,(H2,14,17)(H,16,18);1H. The van der Waals surface area contributed by atoms with Crippen molar-refractivity contribution in [1.82, 2.24) is 5.32 Å². The third kappa shape index (κ3) is 4.22. The van der Waals surface area contributed by atoms with E-state index < -0.39 is 5.91 Å². The number of benzene rings is 1. The zero-order valence-electron chi connectivity index (χ0n) is 10.5. The number of nitrogens with one attached hydrogen (secondary N) is 2. The third-order valence-electron chi connectivity index (χ3n) is 3.06.